The molecule has 2 rings (SSSR count). The van der Waals surface area contributed by atoms with Crippen LogP contribution < -0.4 is 5.32 Å². The van der Waals surface area contributed by atoms with E-state index in [1.165, 1.54) is 21.6 Å². The summed E-state index contributed by atoms with van der Waals surface area (Å²) in [6.07, 6.45) is 1.99. The number of nitrogens with one attached hydrogen (secondary N) is 1. The molecule has 19 heavy (non-hydrogen) atoms. The molecular formula is C16H16N2S. The van der Waals surface area contributed by atoms with Gasteiger partial charge in [-0.2, -0.15) is 5.26 Å². The van der Waals surface area contributed by atoms with Crippen LogP contribution in [0.3, 0.4) is 0 Å². The van der Waals surface area contributed by atoms with Gasteiger partial charge in [-0.1, -0.05) is 35.5 Å². The van der Waals surface area contributed by atoms with Crippen LogP contribution in [-0.2, 0) is 0 Å². The average Bonchev–Trinajstić information content (AvgIpc) is 2.36. The summed E-state index contributed by atoms with van der Waals surface area (Å²) < 4.78 is 0. The van der Waals surface area contributed by atoms with Crippen molar-refractivity contribution in [3.63, 3.8) is 0 Å². The second kappa shape index (κ2) is 5.81. The molecular weight excluding hydrogens is 252 g/mol. The monoisotopic (exact) mass is 268 g/mol. The van der Waals surface area contributed by atoms with Crippen molar-refractivity contribution in [2.45, 2.75) is 30.6 Å². The highest BCUT2D eigenvalue weighted by atomic mass is 32.2. The van der Waals surface area contributed by atoms with E-state index in [0.29, 0.717) is 0 Å². The minimum atomic E-state index is 0.859. The van der Waals surface area contributed by atoms with Crippen LogP contribution in [-0.4, -0.2) is 0 Å². The van der Waals surface area contributed by atoms with Gasteiger partial charge in [-0.25, -0.2) is 0 Å². The number of benzene rings is 2. The van der Waals surface area contributed by atoms with Gasteiger partial charge in [0.2, 0.25) is 0 Å². The van der Waals surface area contributed by atoms with Gasteiger partial charge in [-0.05, 0) is 50.1 Å². The molecule has 0 saturated heterocycles. The number of hydrogen-bond donors (Lipinski definition) is 1. The van der Waals surface area contributed by atoms with E-state index >= 15 is 0 Å². The molecule has 0 heterocycles. The molecule has 0 amide bonds. The van der Waals surface area contributed by atoms with Crippen molar-refractivity contribution in [2.24, 2.45) is 0 Å². The molecule has 0 atom stereocenters. The first kappa shape index (κ1) is 13.5. The van der Waals surface area contributed by atoms with E-state index in [2.05, 4.69) is 50.4 Å². The largest absolute Gasteiger partial charge is 0.292 e. The zero-order valence-electron chi connectivity index (χ0n) is 11.3. The third kappa shape index (κ3) is 3.30. The number of aryl methyl sites for hydroxylation is 3. The van der Waals surface area contributed by atoms with Gasteiger partial charge in [-0.3, -0.25) is 5.32 Å². The maximum absolute atomic E-state index is 8.80. The maximum atomic E-state index is 8.80. The van der Waals surface area contributed by atoms with Crippen molar-refractivity contribution >= 4 is 17.4 Å². The van der Waals surface area contributed by atoms with Crippen LogP contribution in [0.1, 0.15) is 16.7 Å². The highest BCUT2D eigenvalue weighted by Gasteiger charge is 2.07. The van der Waals surface area contributed by atoms with E-state index < -0.39 is 0 Å². The number of nitrogens with zero attached hydrogens (tertiary/aromatic N) is 1. The lowest BCUT2D eigenvalue weighted by Crippen LogP contribution is -1.91. The lowest BCUT2D eigenvalue weighted by atomic mass is 10.2. The van der Waals surface area contributed by atoms with E-state index in [-0.39, 0.29) is 0 Å². The number of nitriles is 1. The molecule has 96 valence electrons. The van der Waals surface area contributed by atoms with Crippen molar-refractivity contribution in [1.82, 2.24) is 0 Å². The van der Waals surface area contributed by atoms with E-state index in [4.69, 9.17) is 5.26 Å². The second-order valence-electron chi connectivity index (χ2n) is 4.61. The first-order valence-corrected chi connectivity index (χ1v) is 6.92. The average molecular weight is 268 g/mol. The molecule has 2 aromatic rings. The normalized spacial score (nSPS) is 10.0. The van der Waals surface area contributed by atoms with Gasteiger partial charge >= 0.3 is 0 Å². The Labute approximate surface area is 118 Å². The summed E-state index contributed by atoms with van der Waals surface area (Å²) in [5.41, 5.74) is 4.57. The molecule has 0 aromatic heterocycles. The van der Waals surface area contributed by atoms with Crippen LogP contribution in [0.25, 0.3) is 0 Å². The quantitative estimate of drug-likeness (QED) is 0.650. The van der Waals surface area contributed by atoms with Gasteiger partial charge in [0.1, 0.15) is 0 Å². The van der Waals surface area contributed by atoms with Crippen LogP contribution in [0.4, 0.5) is 5.69 Å². The smallest absolute Gasteiger partial charge is 0.181 e. The standard InChI is InChI=1S/C16H16N2S/c1-11-5-7-15(13(3)8-11)19-16-9-12(2)4-6-14(16)18-10-17/h4-9,18H,1-3H3. The predicted octanol–water partition coefficient (Wildman–Crippen LogP) is 4.66. The fourth-order valence-corrected chi connectivity index (χ4v) is 2.98. The predicted molar refractivity (Wildman–Crippen MR) is 80.5 cm³/mol. The summed E-state index contributed by atoms with van der Waals surface area (Å²) in [6, 6.07) is 12.5. The fourth-order valence-electron chi connectivity index (χ4n) is 1.91. The molecule has 0 fully saturated rings. The third-order valence-corrected chi connectivity index (χ3v) is 4.11. The molecule has 2 aromatic carbocycles. The van der Waals surface area contributed by atoms with Crippen molar-refractivity contribution in [1.29, 1.82) is 5.26 Å². The van der Waals surface area contributed by atoms with Crippen molar-refractivity contribution in [3.8, 4) is 6.19 Å². The Morgan fingerprint density at radius 3 is 2.32 bits per heavy atom. The van der Waals surface area contributed by atoms with Crippen molar-refractivity contribution in [2.75, 3.05) is 5.32 Å². The summed E-state index contributed by atoms with van der Waals surface area (Å²) in [4.78, 5) is 2.30. The van der Waals surface area contributed by atoms with E-state index in [0.717, 1.165) is 10.6 Å². The van der Waals surface area contributed by atoms with Crippen LogP contribution in [0, 0.1) is 32.2 Å². The lowest BCUT2D eigenvalue weighted by molar-refractivity contribution is 1.25. The molecule has 0 unspecified atom stereocenters. The molecule has 0 saturated carbocycles. The van der Waals surface area contributed by atoms with Gasteiger partial charge in [0.15, 0.2) is 6.19 Å². The van der Waals surface area contributed by atoms with E-state index in [1.807, 2.05) is 18.3 Å². The van der Waals surface area contributed by atoms with E-state index in [1.54, 1.807) is 11.8 Å². The van der Waals surface area contributed by atoms with Crippen molar-refractivity contribution < 1.29 is 0 Å². The Bertz CT molecular complexity index is 642. The van der Waals surface area contributed by atoms with Gasteiger partial charge in [0.25, 0.3) is 0 Å². The molecule has 0 aliphatic heterocycles. The van der Waals surface area contributed by atoms with Crippen molar-refractivity contribution in [3.05, 3.63) is 53.1 Å². The molecule has 0 aliphatic carbocycles. The minimum Gasteiger partial charge on any atom is -0.292 e. The Balaban J connectivity index is 2.37. The molecule has 1 N–H and O–H groups in total. The minimum absolute atomic E-state index is 0.859. The van der Waals surface area contributed by atoms with E-state index in [9.17, 15) is 0 Å². The Hall–Kier alpha value is -1.92. The van der Waals surface area contributed by atoms with Crippen LogP contribution in [0.5, 0.6) is 0 Å². The van der Waals surface area contributed by atoms with Gasteiger partial charge in [-0.15, -0.1) is 0 Å². The van der Waals surface area contributed by atoms with Gasteiger partial charge < -0.3 is 0 Å². The maximum Gasteiger partial charge on any atom is 0.181 e. The van der Waals surface area contributed by atoms with Gasteiger partial charge in [0, 0.05) is 9.79 Å². The first-order valence-electron chi connectivity index (χ1n) is 6.11. The summed E-state index contributed by atoms with van der Waals surface area (Å²) in [5, 5.41) is 11.5. The zero-order chi connectivity index (χ0) is 13.8. The Morgan fingerprint density at radius 1 is 0.947 bits per heavy atom. The Morgan fingerprint density at radius 2 is 1.63 bits per heavy atom. The van der Waals surface area contributed by atoms with Crippen LogP contribution >= 0.6 is 11.8 Å². The molecule has 0 spiro atoms. The second-order valence-corrected chi connectivity index (χ2v) is 5.69. The zero-order valence-corrected chi connectivity index (χ0v) is 12.1. The lowest BCUT2D eigenvalue weighted by Gasteiger charge is -2.11. The highest BCUT2D eigenvalue weighted by Crippen LogP contribution is 2.36. The topological polar surface area (TPSA) is 35.8 Å². The van der Waals surface area contributed by atoms with Crippen LogP contribution in [0.15, 0.2) is 46.2 Å². The first-order chi connectivity index (χ1) is 9.10. The molecule has 3 heteroatoms. The fraction of sp³-hybridized carbons (Fsp3) is 0.188. The third-order valence-electron chi connectivity index (χ3n) is 2.88. The summed E-state index contributed by atoms with van der Waals surface area (Å²) in [6.45, 7) is 6.27. The highest BCUT2D eigenvalue weighted by molar-refractivity contribution is 7.99. The summed E-state index contributed by atoms with van der Waals surface area (Å²) in [7, 11) is 0. The molecule has 0 bridgehead atoms. The number of hydrogen-bond acceptors (Lipinski definition) is 3. The molecule has 0 radical (unpaired) electrons. The number of anilines is 1. The summed E-state index contributed by atoms with van der Waals surface area (Å²) >= 11 is 1.69. The molecule has 2 nitrogen and oxygen atoms in total. The van der Waals surface area contributed by atoms with Crippen LogP contribution in [0.2, 0.25) is 0 Å². The molecule has 0 aliphatic rings. The number of rotatable bonds is 3. The van der Waals surface area contributed by atoms with Gasteiger partial charge in [0.05, 0.1) is 5.69 Å². The summed E-state index contributed by atoms with van der Waals surface area (Å²) in [5.74, 6) is 0. The SMILES string of the molecule is Cc1ccc(Sc2cc(C)ccc2NC#N)c(C)c1. The Kier molecular flexibility index (Phi) is 4.13.